The van der Waals surface area contributed by atoms with Crippen LogP contribution >= 0.6 is 11.8 Å². The van der Waals surface area contributed by atoms with Gasteiger partial charge in [0.1, 0.15) is 18.0 Å². The number of benzene rings is 1. The van der Waals surface area contributed by atoms with E-state index in [9.17, 15) is 9.59 Å². The molecular formula is C19H29NO6S. The normalized spacial score (nSPS) is 11.1. The maximum atomic E-state index is 11.7. The van der Waals surface area contributed by atoms with Crippen molar-refractivity contribution in [2.45, 2.75) is 33.3 Å². The predicted molar refractivity (Wildman–Crippen MR) is 107 cm³/mol. The lowest BCUT2D eigenvalue weighted by atomic mass is 10.2. The summed E-state index contributed by atoms with van der Waals surface area (Å²) in [5.74, 6) is 1.35. The number of anilines is 1. The summed E-state index contributed by atoms with van der Waals surface area (Å²) in [5, 5.41) is 2.76. The standard InChI is InChI=1S/C19H29NO6S/c1-15(21)27-14-13-24-10-9-23-11-12-25-17-7-5-16(6-8-17)20-18(22)26-19(2,3)4/h5-8H,9-14H2,1-4H3,(H,20,22). The number of thioether (sulfide) groups is 1. The second-order valence-electron chi connectivity index (χ2n) is 6.56. The molecule has 1 aromatic rings. The van der Waals surface area contributed by atoms with Crippen LogP contribution in [0.2, 0.25) is 0 Å². The van der Waals surface area contributed by atoms with Gasteiger partial charge >= 0.3 is 6.09 Å². The minimum Gasteiger partial charge on any atom is -0.491 e. The molecule has 0 aliphatic heterocycles. The molecule has 0 spiro atoms. The van der Waals surface area contributed by atoms with Gasteiger partial charge < -0.3 is 18.9 Å². The lowest BCUT2D eigenvalue weighted by molar-refractivity contribution is -0.109. The van der Waals surface area contributed by atoms with Gasteiger partial charge in [0.05, 0.1) is 26.4 Å². The van der Waals surface area contributed by atoms with E-state index in [0.717, 1.165) is 0 Å². The van der Waals surface area contributed by atoms with Gasteiger partial charge in [0.25, 0.3) is 0 Å². The summed E-state index contributed by atoms with van der Waals surface area (Å²) >= 11 is 1.25. The van der Waals surface area contributed by atoms with Gasteiger partial charge in [0, 0.05) is 18.4 Å². The number of amides is 1. The van der Waals surface area contributed by atoms with Gasteiger partial charge in [-0.1, -0.05) is 11.8 Å². The highest BCUT2D eigenvalue weighted by atomic mass is 32.2. The quantitative estimate of drug-likeness (QED) is 0.568. The van der Waals surface area contributed by atoms with Crippen LogP contribution in [-0.4, -0.2) is 55.6 Å². The van der Waals surface area contributed by atoms with E-state index in [1.807, 2.05) is 20.8 Å². The number of hydrogen-bond acceptors (Lipinski definition) is 7. The highest BCUT2D eigenvalue weighted by Gasteiger charge is 2.16. The first kappa shape index (κ1) is 23.3. The van der Waals surface area contributed by atoms with Crippen molar-refractivity contribution in [2.75, 3.05) is 44.1 Å². The lowest BCUT2D eigenvalue weighted by Crippen LogP contribution is -2.27. The molecular weight excluding hydrogens is 370 g/mol. The molecule has 0 fully saturated rings. The molecule has 1 rings (SSSR count). The molecule has 0 bridgehead atoms. The summed E-state index contributed by atoms with van der Waals surface area (Å²) in [6.07, 6.45) is -0.494. The Morgan fingerprint density at radius 3 is 2.15 bits per heavy atom. The molecule has 0 aromatic heterocycles. The average molecular weight is 400 g/mol. The monoisotopic (exact) mass is 399 g/mol. The zero-order chi connectivity index (χ0) is 20.1. The van der Waals surface area contributed by atoms with E-state index in [4.69, 9.17) is 18.9 Å². The third-order valence-corrected chi connectivity index (χ3v) is 3.68. The lowest BCUT2D eigenvalue weighted by Gasteiger charge is -2.19. The molecule has 7 nitrogen and oxygen atoms in total. The molecule has 1 aromatic carbocycles. The van der Waals surface area contributed by atoms with Crippen molar-refractivity contribution >= 4 is 28.7 Å². The third kappa shape index (κ3) is 13.1. The van der Waals surface area contributed by atoms with Crippen molar-refractivity contribution in [1.29, 1.82) is 0 Å². The molecule has 1 amide bonds. The molecule has 0 aliphatic rings. The molecule has 0 unspecified atom stereocenters. The van der Waals surface area contributed by atoms with Crippen molar-refractivity contribution in [2.24, 2.45) is 0 Å². The minimum atomic E-state index is -0.536. The number of hydrogen-bond donors (Lipinski definition) is 1. The largest absolute Gasteiger partial charge is 0.491 e. The second kappa shape index (κ2) is 12.6. The van der Waals surface area contributed by atoms with E-state index in [0.29, 0.717) is 50.2 Å². The van der Waals surface area contributed by atoms with Crippen LogP contribution in [0.1, 0.15) is 27.7 Å². The Hall–Kier alpha value is -1.77. The number of rotatable bonds is 11. The Labute approximate surface area is 165 Å². The molecule has 1 N–H and O–H groups in total. The van der Waals surface area contributed by atoms with E-state index in [2.05, 4.69) is 5.32 Å². The summed E-state index contributed by atoms with van der Waals surface area (Å²) < 4.78 is 21.5. The maximum Gasteiger partial charge on any atom is 0.412 e. The Morgan fingerprint density at radius 2 is 1.56 bits per heavy atom. The summed E-state index contributed by atoms with van der Waals surface area (Å²) in [6.45, 7) is 9.34. The Kier molecular flexibility index (Phi) is 10.8. The fraction of sp³-hybridized carbons (Fsp3) is 0.579. The summed E-state index contributed by atoms with van der Waals surface area (Å²) in [4.78, 5) is 22.4. The smallest absolute Gasteiger partial charge is 0.412 e. The summed E-state index contributed by atoms with van der Waals surface area (Å²) in [7, 11) is 0. The predicted octanol–water partition coefficient (Wildman–Crippen LogP) is 3.73. The molecule has 0 heterocycles. The van der Waals surface area contributed by atoms with Crippen LogP contribution in [0.4, 0.5) is 10.5 Å². The molecule has 0 aliphatic carbocycles. The van der Waals surface area contributed by atoms with Crippen LogP contribution < -0.4 is 10.1 Å². The van der Waals surface area contributed by atoms with Crippen LogP contribution in [0.5, 0.6) is 5.75 Å². The van der Waals surface area contributed by atoms with Crippen LogP contribution in [-0.2, 0) is 19.0 Å². The number of carbonyl (C=O) groups excluding carboxylic acids is 2. The van der Waals surface area contributed by atoms with Crippen molar-refractivity contribution in [3.63, 3.8) is 0 Å². The Balaban J connectivity index is 2.09. The molecule has 27 heavy (non-hydrogen) atoms. The van der Waals surface area contributed by atoms with E-state index < -0.39 is 11.7 Å². The topological polar surface area (TPSA) is 83.1 Å². The Morgan fingerprint density at radius 1 is 0.963 bits per heavy atom. The molecule has 0 saturated carbocycles. The highest BCUT2D eigenvalue weighted by molar-refractivity contribution is 8.13. The van der Waals surface area contributed by atoms with Crippen LogP contribution in [0.25, 0.3) is 0 Å². The fourth-order valence-electron chi connectivity index (χ4n) is 1.84. The number of carbonyl (C=O) groups is 2. The van der Waals surface area contributed by atoms with E-state index in [1.54, 1.807) is 31.2 Å². The SMILES string of the molecule is CC(=O)SCCOCCOCCOc1ccc(NC(=O)OC(C)(C)C)cc1. The maximum absolute atomic E-state index is 11.7. The summed E-state index contributed by atoms with van der Waals surface area (Å²) in [6, 6.07) is 7.02. The zero-order valence-electron chi connectivity index (χ0n) is 16.4. The molecule has 0 saturated heterocycles. The van der Waals surface area contributed by atoms with Crippen molar-refractivity contribution < 1.29 is 28.5 Å². The Bertz CT molecular complexity index is 571. The van der Waals surface area contributed by atoms with Crippen LogP contribution in [0.3, 0.4) is 0 Å². The first-order valence-electron chi connectivity index (χ1n) is 8.78. The van der Waals surface area contributed by atoms with Gasteiger partial charge in [-0.25, -0.2) is 4.79 Å². The van der Waals surface area contributed by atoms with Gasteiger partial charge in [-0.15, -0.1) is 0 Å². The third-order valence-electron chi connectivity index (χ3n) is 2.90. The summed E-state index contributed by atoms with van der Waals surface area (Å²) in [5.41, 5.74) is 0.0963. The molecule has 0 atom stereocenters. The molecule has 8 heteroatoms. The van der Waals surface area contributed by atoms with Crippen molar-refractivity contribution in [3.05, 3.63) is 24.3 Å². The van der Waals surface area contributed by atoms with E-state index in [1.165, 1.54) is 11.8 Å². The fourth-order valence-corrected chi connectivity index (χ4v) is 2.33. The average Bonchev–Trinajstić information content (AvgIpc) is 2.56. The first-order chi connectivity index (χ1) is 12.8. The van der Waals surface area contributed by atoms with Gasteiger partial charge in [-0.3, -0.25) is 10.1 Å². The minimum absolute atomic E-state index is 0.0978. The van der Waals surface area contributed by atoms with Gasteiger partial charge in [-0.2, -0.15) is 0 Å². The van der Waals surface area contributed by atoms with E-state index in [-0.39, 0.29) is 5.12 Å². The first-order valence-corrected chi connectivity index (χ1v) is 9.76. The van der Waals surface area contributed by atoms with Gasteiger partial charge in [0.15, 0.2) is 5.12 Å². The van der Waals surface area contributed by atoms with Gasteiger partial charge in [0.2, 0.25) is 0 Å². The van der Waals surface area contributed by atoms with Crippen molar-refractivity contribution in [1.82, 2.24) is 0 Å². The second-order valence-corrected chi connectivity index (χ2v) is 7.84. The number of ether oxygens (including phenoxy) is 4. The van der Waals surface area contributed by atoms with Crippen LogP contribution in [0.15, 0.2) is 24.3 Å². The van der Waals surface area contributed by atoms with Crippen molar-refractivity contribution in [3.8, 4) is 5.75 Å². The number of nitrogens with one attached hydrogen (secondary N) is 1. The van der Waals surface area contributed by atoms with E-state index >= 15 is 0 Å². The molecule has 0 radical (unpaired) electrons. The highest BCUT2D eigenvalue weighted by Crippen LogP contribution is 2.17. The molecule has 152 valence electrons. The zero-order valence-corrected chi connectivity index (χ0v) is 17.2. The van der Waals surface area contributed by atoms with Gasteiger partial charge in [-0.05, 0) is 45.0 Å². The van der Waals surface area contributed by atoms with Crippen LogP contribution in [0, 0.1) is 0 Å².